The van der Waals surface area contributed by atoms with Crippen LogP contribution in [0.25, 0.3) is 0 Å². The highest BCUT2D eigenvalue weighted by Gasteiger charge is 2.73. The standard InChI is InChI=1S/C17H14ClN3O3.C2H6.CH3Cl/c1-20-14(22)12-11-3-2-6-21(11)17(13(12)15(20)23)9-7-8(18)4-5-10(9)19-16(17)24;2*1-2/h2,4-7,11-13H,3H2,1H3,(H,19,24);1-2H3;1H3/t11-,12+,13-,17+;;/m1../s1. The smallest absolute Gasteiger partial charge is 0.255 e. The van der Waals surface area contributed by atoms with Gasteiger partial charge in [-0.25, -0.2) is 0 Å². The van der Waals surface area contributed by atoms with Gasteiger partial charge in [-0.2, -0.15) is 0 Å². The number of nitrogens with one attached hydrogen (secondary N) is 1. The highest BCUT2D eigenvalue weighted by atomic mass is 35.5. The number of benzene rings is 1. The number of carbonyl (C=O) groups excluding carboxylic acids is 3. The van der Waals surface area contributed by atoms with Crippen molar-refractivity contribution in [3.63, 3.8) is 0 Å². The summed E-state index contributed by atoms with van der Waals surface area (Å²) in [5.41, 5.74) is 0.138. The van der Waals surface area contributed by atoms with Gasteiger partial charge in [0.2, 0.25) is 11.8 Å². The fraction of sp³-hybridized carbons (Fsp3) is 0.450. The van der Waals surface area contributed by atoms with Crippen molar-refractivity contribution in [1.29, 1.82) is 0 Å². The molecule has 2 fully saturated rings. The van der Waals surface area contributed by atoms with E-state index in [9.17, 15) is 14.4 Å². The van der Waals surface area contributed by atoms with Crippen molar-refractivity contribution < 1.29 is 14.4 Å². The van der Waals surface area contributed by atoms with Gasteiger partial charge in [-0.1, -0.05) is 31.5 Å². The average molecular weight is 424 g/mol. The minimum atomic E-state index is -1.19. The monoisotopic (exact) mass is 423 g/mol. The number of alkyl halides is 1. The maximum atomic E-state index is 13.1. The van der Waals surface area contributed by atoms with E-state index in [2.05, 4.69) is 16.9 Å². The van der Waals surface area contributed by atoms with Gasteiger partial charge in [0.05, 0.1) is 11.8 Å². The number of carbonyl (C=O) groups is 3. The Labute approximate surface area is 174 Å². The summed E-state index contributed by atoms with van der Waals surface area (Å²) >= 11 is 10.8. The number of amides is 3. The lowest BCUT2D eigenvalue weighted by Crippen LogP contribution is -2.52. The summed E-state index contributed by atoms with van der Waals surface area (Å²) in [7, 11) is 1.50. The molecule has 4 heterocycles. The molecule has 0 unspecified atom stereocenters. The molecule has 4 aliphatic heterocycles. The van der Waals surface area contributed by atoms with Crippen molar-refractivity contribution in [3.8, 4) is 0 Å². The second-order valence-corrected chi connectivity index (χ2v) is 7.18. The van der Waals surface area contributed by atoms with Gasteiger partial charge in [-0.3, -0.25) is 19.3 Å². The lowest BCUT2D eigenvalue weighted by atomic mass is 9.75. The van der Waals surface area contributed by atoms with E-state index >= 15 is 0 Å². The number of halogens is 2. The van der Waals surface area contributed by atoms with Crippen molar-refractivity contribution in [3.05, 3.63) is 41.1 Å². The Balaban J connectivity index is 0.000000531. The fourth-order valence-electron chi connectivity index (χ4n) is 4.91. The highest BCUT2D eigenvalue weighted by molar-refractivity contribution is 6.31. The molecule has 4 atom stereocenters. The van der Waals surface area contributed by atoms with Crippen molar-refractivity contribution in [2.75, 3.05) is 18.7 Å². The van der Waals surface area contributed by atoms with Crippen LogP contribution >= 0.6 is 23.2 Å². The van der Waals surface area contributed by atoms with Gasteiger partial charge < -0.3 is 10.2 Å². The molecular weight excluding hydrogens is 401 g/mol. The molecule has 1 aromatic carbocycles. The van der Waals surface area contributed by atoms with E-state index in [4.69, 9.17) is 11.6 Å². The van der Waals surface area contributed by atoms with E-state index in [0.717, 1.165) is 0 Å². The summed E-state index contributed by atoms with van der Waals surface area (Å²) < 4.78 is 0. The quantitative estimate of drug-likeness (QED) is 0.513. The first-order valence-corrected chi connectivity index (χ1v) is 10.4. The molecule has 28 heavy (non-hydrogen) atoms. The summed E-state index contributed by atoms with van der Waals surface area (Å²) in [5.74, 6) is -1.99. The molecule has 6 nitrogen and oxygen atoms in total. The predicted molar refractivity (Wildman–Crippen MR) is 109 cm³/mol. The molecule has 4 aliphatic rings. The van der Waals surface area contributed by atoms with E-state index in [0.29, 0.717) is 22.7 Å². The number of nitrogens with zero attached hydrogens (tertiary/aromatic N) is 2. The summed E-state index contributed by atoms with van der Waals surface area (Å²) in [6.07, 6.45) is 5.92. The van der Waals surface area contributed by atoms with E-state index in [1.165, 1.54) is 18.3 Å². The Hall–Kier alpha value is -2.05. The van der Waals surface area contributed by atoms with Crippen LogP contribution in [0.15, 0.2) is 30.5 Å². The third-order valence-electron chi connectivity index (χ3n) is 5.83. The van der Waals surface area contributed by atoms with Gasteiger partial charge in [-0.15, -0.1) is 11.6 Å². The number of fused-ring (bicyclic) bond motifs is 7. The van der Waals surface area contributed by atoms with Crippen molar-refractivity contribution in [1.82, 2.24) is 9.80 Å². The second-order valence-electron chi connectivity index (χ2n) is 6.74. The predicted octanol–water partition coefficient (Wildman–Crippen LogP) is 3.20. The van der Waals surface area contributed by atoms with Gasteiger partial charge in [0, 0.05) is 35.7 Å². The minimum absolute atomic E-state index is 0.174. The molecule has 8 heteroatoms. The summed E-state index contributed by atoms with van der Waals surface area (Å²) in [4.78, 5) is 41.7. The topological polar surface area (TPSA) is 69.7 Å². The summed E-state index contributed by atoms with van der Waals surface area (Å²) in [6.45, 7) is 4.00. The van der Waals surface area contributed by atoms with E-state index in [-0.39, 0.29) is 23.8 Å². The van der Waals surface area contributed by atoms with E-state index in [1.807, 2.05) is 31.0 Å². The van der Waals surface area contributed by atoms with Crippen LogP contribution in [-0.4, -0.2) is 47.0 Å². The van der Waals surface area contributed by atoms with E-state index in [1.54, 1.807) is 18.2 Å². The number of rotatable bonds is 0. The van der Waals surface area contributed by atoms with E-state index < -0.39 is 17.4 Å². The third kappa shape index (κ3) is 2.37. The summed E-state index contributed by atoms with van der Waals surface area (Å²) in [6, 6.07) is 5.01. The first-order chi connectivity index (χ1) is 13.5. The van der Waals surface area contributed by atoms with Crippen LogP contribution in [0.3, 0.4) is 0 Å². The Morgan fingerprint density at radius 3 is 2.50 bits per heavy atom. The minimum Gasteiger partial charge on any atom is -0.355 e. The van der Waals surface area contributed by atoms with Crippen molar-refractivity contribution in [2.24, 2.45) is 11.8 Å². The van der Waals surface area contributed by atoms with Gasteiger partial charge in [0.25, 0.3) is 5.91 Å². The van der Waals surface area contributed by atoms with Crippen LogP contribution < -0.4 is 5.32 Å². The zero-order valence-corrected chi connectivity index (χ0v) is 17.7. The SMILES string of the molecule is CC.CCl.CN1C(=O)[C@H]2[C@H]3CC=CN3[C@]3(C(=O)Nc4ccc(Cl)cc43)[C@H]2C1=O. The van der Waals surface area contributed by atoms with Crippen LogP contribution in [0.5, 0.6) is 0 Å². The van der Waals surface area contributed by atoms with Gasteiger partial charge in [0.1, 0.15) is 0 Å². The molecule has 5 rings (SSSR count). The molecule has 3 amide bonds. The van der Waals surface area contributed by atoms with Crippen LogP contribution in [0.2, 0.25) is 5.02 Å². The number of hydrogen-bond donors (Lipinski definition) is 1. The molecule has 0 saturated carbocycles. The maximum absolute atomic E-state index is 13.1. The molecule has 1 N–H and O–H groups in total. The van der Waals surface area contributed by atoms with Crippen LogP contribution in [0.1, 0.15) is 25.8 Å². The Morgan fingerprint density at radius 2 is 1.82 bits per heavy atom. The average Bonchev–Trinajstić information content (AvgIpc) is 3.41. The lowest BCUT2D eigenvalue weighted by Gasteiger charge is -2.36. The van der Waals surface area contributed by atoms with Crippen LogP contribution in [-0.2, 0) is 19.9 Å². The maximum Gasteiger partial charge on any atom is 0.255 e. The first-order valence-electron chi connectivity index (χ1n) is 9.23. The highest BCUT2D eigenvalue weighted by Crippen LogP contribution is 2.60. The number of imide groups is 1. The van der Waals surface area contributed by atoms with Gasteiger partial charge in [0.15, 0.2) is 5.54 Å². The molecular formula is C20H23Cl2N3O3. The molecule has 0 radical (unpaired) electrons. The fourth-order valence-corrected chi connectivity index (χ4v) is 5.08. The largest absolute Gasteiger partial charge is 0.355 e. The molecule has 0 aromatic heterocycles. The Kier molecular flexibility index (Phi) is 5.47. The van der Waals surface area contributed by atoms with Gasteiger partial charge in [-0.05, 0) is 30.8 Å². The summed E-state index contributed by atoms with van der Waals surface area (Å²) in [5, 5.41) is 3.38. The first kappa shape index (κ1) is 20.7. The van der Waals surface area contributed by atoms with Gasteiger partial charge >= 0.3 is 0 Å². The van der Waals surface area contributed by atoms with Crippen LogP contribution in [0.4, 0.5) is 5.69 Å². The van der Waals surface area contributed by atoms with Crippen molar-refractivity contribution in [2.45, 2.75) is 31.8 Å². The third-order valence-corrected chi connectivity index (χ3v) is 6.07. The number of hydrogen-bond acceptors (Lipinski definition) is 4. The molecule has 0 bridgehead atoms. The second kappa shape index (κ2) is 7.41. The van der Waals surface area contributed by atoms with Crippen LogP contribution in [0, 0.1) is 11.8 Å². The molecule has 150 valence electrons. The Morgan fingerprint density at radius 1 is 1.14 bits per heavy atom. The zero-order valence-electron chi connectivity index (χ0n) is 16.2. The molecule has 0 aliphatic carbocycles. The molecule has 2 saturated heterocycles. The number of likely N-dealkylation sites (tertiary alicyclic amines) is 1. The Bertz CT molecular complexity index is 872. The molecule has 1 spiro atoms. The number of anilines is 1. The zero-order chi connectivity index (χ0) is 20.8. The molecule has 1 aromatic rings. The normalized spacial score (nSPS) is 31.1. The van der Waals surface area contributed by atoms with Crippen molar-refractivity contribution >= 4 is 46.6 Å². The lowest BCUT2D eigenvalue weighted by molar-refractivity contribution is -0.143.